The van der Waals surface area contributed by atoms with Crippen LogP contribution in [0.25, 0.3) is 0 Å². The van der Waals surface area contributed by atoms with Gasteiger partial charge < -0.3 is 15.2 Å². The van der Waals surface area contributed by atoms with Crippen LogP contribution in [0.3, 0.4) is 0 Å². The highest BCUT2D eigenvalue weighted by molar-refractivity contribution is 5.77. The minimum absolute atomic E-state index is 0.365. The molecule has 6 nitrogen and oxygen atoms in total. The Bertz CT molecular complexity index is 590. The van der Waals surface area contributed by atoms with Crippen molar-refractivity contribution in [1.29, 1.82) is 0 Å². The molecule has 0 aliphatic heterocycles. The highest BCUT2D eigenvalue weighted by Gasteiger charge is 2.18. The van der Waals surface area contributed by atoms with E-state index in [-0.39, 0.29) is 0 Å². The first-order valence-corrected chi connectivity index (χ1v) is 6.67. The van der Waals surface area contributed by atoms with Crippen molar-refractivity contribution in [3.05, 3.63) is 48.3 Å². The predicted molar refractivity (Wildman–Crippen MR) is 78.4 cm³/mol. The fraction of sp³-hybridized carbons (Fsp3) is 0.267. The lowest BCUT2D eigenvalue weighted by molar-refractivity contribution is -0.137. The number of carboxylic acid groups (broad SMARTS) is 1. The fourth-order valence-electron chi connectivity index (χ4n) is 1.87. The second-order valence-electron chi connectivity index (χ2n) is 4.40. The number of rotatable bonds is 7. The Balaban J connectivity index is 2.09. The molecule has 0 fully saturated rings. The van der Waals surface area contributed by atoms with E-state index in [0.717, 1.165) is 5.56 Å². The Morgan fingerprint density at radius 2 is 2.10 bits per heavy atom. The highest BCUT2D eigenvalue weighted by atomic mass is 16.5. The number of aliphatic carboxylic acids is 1. The first kappa shape index (κ1) is 14.8. The van der Waals surface area contributed by atoms with Crippen LogP contribution in [0.1, 0.15) is 12.5 Å². The van der Waals surface area contributed by atoms with Crippen LogP contribution in [0.2, 0.25) is 0 Å². The van der Waals surface area contributed by atoms with Gasteiger partial charge in [-0.15, -0.1) is 0 Å². The zero-order chi connectivity index (χ0) is 15.1. The molecule has 0 aliphatic rings. The Hall–Kier alpha value is -2.63. The van der Waals surface area contributed by atoms with Crippen molar-refractivity contribution in [3.63, 3.8) is 0 Å². The molecule has 110 valence electrons. The summed E-state index contributed by atoms with van der Waals surface area (Å²) in [6.07, 6.45) is 1.71. The van der Waals surface area contributed by atoms with E-state index < -0.39 is 12.0 Å². The minimum Gasteiger partial charge on any atom is -0.480 e. The molecule has 1 aromatic heterocycles. The maximum absolute atomic E-state index is 11.4. The van der Waals surface area contributed by atoms with Crippen molar-refractivity contribution in [1.82, 2.24) is 9.97 Å². The van der Waals surface area contributed by atoms with Gasteiger partial charge in [0.15, 0.2) is 0 Å². The van der Waals surface area contributed by atoms with E-state index in [0.29, 0.717) is 24.7 Å². The maximum atomic E-state index is 11.4. The third-order valence-electron chi connectivity index (χ3n) is 2.84. The molecule has 0 saturated carbocycles. The van der Waals surface area contributed by atoms with Crippen LogP contribution in [-0.2, 0) is 11.2 Å². The molecule has 21 heavy (non-hydrogen) atoms. The molecule has 0 bridgehead atoms. The first-order chi connectivity index (χ1) is 10.2. The molecule has 0 amide bonds. The first-order valence-electron chi connectivity index (χ1n) is 6.67. The molecule has 0 saturated heterocycles. The molecule has 2 rings (SSSR count). The van der Waals surface area contributed by atoms with Gasteiger partial charge in [-0.25, -0.2) is 14.8 Å². The predicted octanol–water partition coefficient (Wildman–Crippen LogP) is 1.98. The smallest absolute Gasteiger partial charge is 0.326 e. The topological polar surface area (TPSA) is 84.3 Å². The average Bonchev–Trinajstić information content (AvgIpc) is 2.48. The van der Waals surface area contributed by atoms with Gasteiger partial charge in [0.1, 0.15) is 18.2 Å². The third kappa shape index (κ3) is 4.45. The molecule has 0 unspecified atom stereocenters. The summed E-state index contributed by atoms with van der Waals surface area (Å²) in [6.45, 7) is 2.34. The van der Waals surface area contributed by atoms with Crippen LogP contribution >= 0.6 is 0 Å². The maximum Gasteiger partial charge on any atom is 0.326 e. The van der Waals surface area contributed by atoms with Crippen LogP contribution in [0, 0.1) is 0 Å². The SMILES string of the molecule is CCOc1cc(N[C@@H](Cc2ccccc2)C(=O)O)ncn1. The number of aromatic nitrogens is 2. The second-order valence-corrected chi connectivity index (χ2v) is 4.40. The fourth-order valence-corrected chi connectivity index (χ4v) is 1.87. The standard InChI is InChI=1S/C15H17N3O3/c1-2-21-14-9-13(16-10-17-14)18-12(15(19)20)8-11-6-4-3-5-7-11/h3-7,9-10,12H,2,8H2,1H3,(H,19,20)(H,16,17,18)/t12-/m0/s1. The van der Waals surface area contributed by atoms with Gasteiger partial charge in [-0.2, -0.15) is 0 Å². The number of carboxylic acids is 1. The van der Waals surface area contributed by atoms with E-state index in [2.05, 4.69) is 15.3 Å². The molecular weight excluding hydrogens is 270 g/mol. The highest BCUT2D eigenvalue weighted by Crippen LogP contribution is 2.14. The van der Waals surface area contributed by atoms with Gasteiger partial charge >= 0.3 is 5.97 Å². The molecule has 0 radical (unpaired) electrons. The summed E-state index contributed by atoms with van der Waals surface area (Å²) in [7, 11) is 0. The number of nitrogens with one attached hydrogen (secondary N) is 1. The van der Waals surface area contributed by atoms with E-state index in [1.807, 2.05) is 37.3 Å². The Kier molecular flexibility index (Phi) is 5.09. The van der Waals surface area contributed by atoms with Crippen molar-refractivity contribution in [2.24, 2.45) is 0 Å². The molecule has 2 N–H and O–H groups in total. The molecule has 1 heterocycles. The molecule has 1 atom stereocenters. The zero-order valence-electron chi connectivity index (χ0n) is 11.7. The number of hydrogen-bond donors (Lipinski definition) is 2. The van der Waals surface area contributed by atoms with Gasteiger partial charge in [-0.05, 0) is 12.5 Å². The van der Waals surface area contributed by atoms with Gasteiger partial charge in [0.25, 0.3) is 0 Å². The van der Waals surface area contributed by atoms with Gasteiger partial charge in [-0.1, -0.05) is 30.3 Å². The van der Waals surface area contributed by atoms with Gasteiger partial charge in [0, 0.05) is 12.5 Å². The van der Waals surface area contributed by atoms with E-state index in [1.165, 1.54) is 6.33 Å². The Morgan fingerprint density at radius 3 is 2.76 bits per heavy atom. The van der Waals surface area contributed by atoms with Crippen LogP contribution < -0.4 is 10.1 Å². The molecule has 1 aromatic carbocycles. The van der Waals surface area contributed by atoms with Crippen molar-refractivity contribution in [2.75, 3.05) is 11.9 Å². The summed E-state index contributed by atoms with van der Waals surface area (Å²) in [5.41, 5.74) is 0.941. The van der Waals surface area contributed by atoms with Crippen molar-refractivity contribution in [2.45, 2.75) is 19.4 Å². The molecule has 6 heteroatoms. The molecule has 0 aliphatic carbocycles. The largest absolute Gasteiger partial charge is 0.480 e. The number of nitrogens with zero attached hydrogens (tertiary/aromatic N) is 2. The summed E-state index contributed by atoms with van der Waals surface area (Å²) in [6, 6.07) is 10.3. The van der Waals surface area contributed by atoms with Crippen LogP contribution in [0.4, 0.5) is 5.82 Å². The summed E-state index contributed by atoms with van der Waals surface area (Å²) in [5, 5.41) is 12.2. The summed E-state index contributed by atoms with van der Waals surface area (Å²) in [5.74, 6) is -0.0916. The number of benzene rings is 1. The number of ether oxygens (including phenoxy) is 1. The van der Waals surface area contributed by atoms with Crippen molar-refractivity contribution in [3.8, 4) is 5.88 Å². The number of hydrogen-bond acceptors (Lipinski definition) is 5. The lowest BCUT2D eigenvalue weighted by Crippen LogP contribution is -2.31. The lowest BCUT2D eigenvalue weighted by atomic mass is 10.1. The van der Waals surface area contributed by atoms with E-state index in [1.54, 1.807) is 6.07 Å². The van der Waals surface area contributed by atoms with Crippen LogP contribution in [0.5, 0.6) is 5.88 Å². The molecular formula is C15H17N3O3. The number of anilines is 1. The van der Waals surface area contributed by atoms with Crippen LogP contribution in [-0.4, -0.2) is 33.7 Å². The van der Waals surface area contributed by atoms with Crippen LogP contribution in [0.15, 0.2) is 42.7 Å². The van der Waals surface area contributed by atoms with Crippen molar-refractivity contribution < 1.29 is 14.6 Å². The van der Waals surface area contributed by atoms with Crippen molar-refractivity contribution >= 4 is 11.8 Å². The second kappa shape index (κ2) is 7.23. The monoisotopic (exact) mass is 287 g/mol. The van der Waals surface area contributed by atoms with E-state index >= 15 is 0 Å². The number of carbonyl (C=O) groups is 1. The Labute approximate surface area is 122 Å². The third-order valence-corrected chi connectivity index (χ3v) is 2.84. The van der Waals surface area contributed by atoms with E-state index in [4.69, 9.17) is 4.74 Å². The molecule has 2 aromatic rings. The minimum atomic E-state index is -0.935. The van der Waals surface area contributed by atoms with E-state index in [9.17, 15) is 9.90 Å². The summed E-state index contributed by atoms with van der Waals surface area (Å²) >= 11 is 0. The van der Waals surface area contributed by atoms with Gasteiger partial charge in [0.2, 0.25) is 5.88 Å². The van der Waals surface area contributed by atoms with Gasteiger partial charge in [0.05, 0.1) is 6.61 Å². The Morgan fingerprint density at radius 1 is 1.33 bits per heavy atom. The lowest BCUT2D eigenvalue weighted by Gasteiger charge is -2.15. The average molecular weight is 287 g/mol. The zero-order valence-corrected chi connectivity index (χ0v) is 11.7. The molecule has 0 spiro atoms. The normalized spacial score (nSPS) is 11.7. The summed E-state index contributed by atoms with van der Waals surface area (Å²) in [4.78, 5) is 19.3. The quantitative estimate of drug-likeness (QED) is 0.810. The van der Waals surface area contributed by atoms with Gasteiger partial charge in [-0.3, -0.25) is 0 Å². The summed E-state index contributed by atoms with van der Waals surface area (Å²) < 4.78 is 5.27.